The predicted molar refractivity (Wildman–Crippen MR) is 80.3 cm³/mol. The van der Waals surface area contributed by atoms with Crippen LogP contribution in [0, 0.1) is 5.92 Å². The van der Waals surface area contributed by atoms with E-state index >= 15 is 0 Å². The lowest BCUT2D eigenvalue weighted by Gasteiger charge is -2.24. The average molecular weight is 265 g/mol. The molecule has 0 aromatic heterocycles. The molecule has 3 nitrogen and oxygen atoms in total. The van der Waals surface area contributed by atoms with Gasteiger partial charge in [0.2, 0.25) is 0 Å². The molecule has 0 radical (unpaired) electrons. The summed E-state index contributed by atoms with van der Waals surface area (Å²) < 4.78 is 10.7. The van der Waals surface area contributed by atoms with Crippen LogP contribution in [0.3, 0.4) is 0 Å². The first-order valence-electron chi connectivity index (χ1n) is 6.94. The summed E-state index contributed by atoms with van der Waals surface area (Å²) in [6.07, 6.45) is 0. The molecule has 0 amide bonds. The zero-order valence-corrected chi connectivity index (χ0v) is 13.0. The Hall–Kier alpha value is -1.22. The van der Waals surface area contributed by atoms with Gasteiger partial charge in [0.25, 0.3) is 0 Å². The van der Waals surface area contributed by atoms with Crippen LogP contribution in [0.25, 0.3) is 0 Å². The first kappa shape index (κ1) is 15.8. The number of nitrogens with one attached hydrogen (secondary N) is 1. The number of hydrogen-bond donors (Lipinski definition) is 1. The Kier molecular flexibility index (Phi) is 6.16. The fraction of sp³-hybridized carbons (Fsp3) is 0.625. The Morgan fingerprint density at radius 1 is 1.05 bits per heavy atom. The van der Waals surface area contributed by atoms with Crippen molar-refractivity contribution in [1.29, 1.82) is 0 Å². The molecule has 0 aliphatic heterocycles. The highest BCUT2D eigenvalue weighted by Crippen LogP contribution is 2.34. The largest absolute Gasteiger partial charge is 0.497 e. The molecule has 1 rings (SSSR count). The summed E-state index contributed by atoms with van der Waals surface area (Å²) >= 11 is 0. The Labute approximate surface area is 117 Å². The van der Waals surface area contributed by atoms with Crippen molar-refractivity contribution < 1.29 is 9.47 Å². The Morgan fingerprint density at radius 3 is 2.26 bits per heavy atom. The topological polar surface area (TPSA) is 30.5 Å². The Bertz CT molecular complexity index is 390. The highest BCUT2D eigenvalue weighted by molar-refractivity contribution is 5.42. The van der Waals surface area contributed by atoms with Crippen molar-refractivity contribution in [2.75, 3.05) is 20.8 Å². The summed E-state index contributed by atoms with van der Waals surface area (Å²) in [5.74, 6) is 2.72. The van der Waals surface area contributed by atoms with E-state index < -0.39 is 0 Å². The number of rotatable bonds is 7. The highest BCUT2D eigenvalue weighted by atomic mass is 16.5. The fourth-order valence-corrected chi connectivity index (χ4v) is 2.10. The molecule has 0 aliphatic rings. The summed E-state index contributed by atoms with van der Waals surface area (Å²) in [6, 6.07) is 6.58. The van der Waals surface area contributed by atoms with E-state index in [0.29, 0.717) is 17.9 Å². The van der Waals surface area contributed by atoms with E-state index in [4.69, 9.17) is 9.47 Å². The molecule has 0 fully saturated rings. The molecule has 108 valence electrons. The van der Waals surface area contributed by atoms with E-state index in [9.17, 15) is 0 Å². The number of ether oxygens (including phenoxy) is 2. The summed E-state index contributed by atoms with van der Waals surface area (Å²) in [4.78, 5) is 0. The Balaban J connectivity index is 2.83. The second kappa shape index (κ2) is 7.39. The van der Waals surface area contributed by atoms with Gasteiger partial charge in [0, 0.05) is 12.1 Å². The third-order valence-corrected chi connectivity index (χ3v) is 3.63. The van der Waals surface area contributed by atoms with Crippen molar-refractivity contribution in [3.8, 4) is 11.5 Å². The van der Waals surface area contributed by atoms with Gasteiger partial charge in [-0.2, -0.15) is 0 Å². The van der Waals surface area contributed by atoms with E-state index in [2.05, 4.69) is 39.1 Å². The van der Waals surface area contributed by atoms with Gasteiger partial charge in [-0.05, 0) is 30.0 Å². The van der Waals surface area contributed by atoms with Gasteiger partial charge in [-0.15, -0.1) is 0 Å². The molecule has 2 unspecified atom stereocenters. The van der Waals surface area contributed by atoms with Gasteiger partial charge < -0.3 is 14.8 Å². The van der Waals surface area contributed by atoms with Crippen LogP contribution in [0.15, 0.2) is 18.2 Å². The van der Waals surface area contributed by atoms with Gasteiger partial charge in [-0.3, -0.25) is 0 Å². The molecule has 0 saturated carbocycles. The molecule has 3 heteroatoms. The van der Waals surface area contributed by atoms with Crippen LogP contribution in [0.1, 0.15) is 39.2 Å². The van der Waals surface area contributed by atoms with E-state index in [0.717, 1.165) is 18.0 Å². The quantitative estimate of drug-likeness (QED) is 0.819. The first-order chi connectivity index (χ1) is 8.99. The molecular weight excluding hydrogens is 238 g/mol. The van der Waals surface area contributed by atoms with Gasteiger partial charge in [-0.1, -0.05) is 33.8 Å². The van der Waals surface area contributed by atoms with Crippen molar-refractivity contribution in [2.45, 2.75) is 39.7 Å². The zero-order chi connectivity index (χ0) is 14.4. The van der Waals surface area contributed by atoms with Crippen LogP contribution < -0.4 is 14.8 Å². The molecule has 0 saturated heterocycles. The van der Waals surface area contributed by atoms with Gasteiger partial charge >= 0.3 is 0 Å². The average Bonchev–Trinajstić information content (AvgIpc) is 2.42. The van der Waals surface area contributed by atoms with Crippen molar-refractivity contribution in [1.82, 2.24) is 5.32 Å². The van der Waals surface area contributed by atoms with E-state index in [1.807, 2.05) is 12.1 Å². The molecule has 0 spiro atoms. The maximum atomic E-state index is 5.48. The molecule has 1 N–H and O–H groups in total. The van der Waals surface area contributed by atoms with Crippen molar-refractivity contribution in [2.24, 2.45) is 5.92 Å². The van der Waals surface area contributed by atoms with Crippen LogP contribution in [-0.2, 0) is 0 Å². The fourth-order valence-electron chi connectivity index (χ4n) is 2.10. The van der Waals surface area contributed by atoms with Crippen LogP contribution in [0.5, 0.6) is 11.5 Å². The van der Waals surface area contributed by atoms with Gasteiger partial charge in [0.15, 0.2) is 0 Å². The zero-order valence-electron chi connectivity index (χ0n) is 13.0. The van der Waals surface area contributed by atoms with Crippen LogP contribution in [0.4, 0.5) is 0 Å². The molecule has 0 bridgehead atoms. The number of hydrogen-bond acceptors (Lipinski definition) is 3. The van der Waals surface area contributed by atoms with Gasteiger partial charge in [0.1, 0.15) is 11.5 Å². The molecule has 0 aliphatic carbocycles. The number of methoxy groups -OCH3 is 2. The monoisotopic (exact) mass is 265 g/mol. The standard InChI is InChI=1S/C16H27NO2/c1-11(2)17-10-12(3)13(4)15-8-7-14(18-5)9-16(15)19-6/h7-9,11-13,17H,10H2,1-6H3. The third kappa shape index (κ3) is 4.43. The van der Waals surface area contributed by atoms with Crippen LogP contribution in [-0.4, -0.2) is 26.8 Å². The molecule has 1 aromatic carbocycles. The van der Waals surface area contributed by atoms with Crippen LogP contribution >= 0.6 is 0 Å². The highest BCUT2D eigenvalue weighted by Gasteiger charge is 2.18. The minimum atomic E-state index is 0.437. The van der Waals surface area contributed by atoms with Crippen molar-refractivity contribution >= 4 is 0 Å². The maximum Gasteiger partial charge on any atom is 0.126 e. The van der Waals surface area contributed by atoms with E-state index in [1.165, 1.54) is 5.56 Å². The first-order valence-corrected chi connectivity index (χ1v) is 6.94. The maximum absolute atomic E-state index is 5.48. The summed E-state index contributed by atoms with van der Waals surface area (Å²) in [6.45, 7) is 9.87. The van der Waals surface area contributed by atoms with Gasteiger partial charge in [0.05, 0.1) is 14.2 Å². The molecule has 19 heavy (non-hydrogen) atoms. The summed E-state index contributed by atoms with van der Waals surface area (Å²) in [7, 11) is 3.38. The SMILES string of the molecule is COc1ccc(C(C)C(C)CNC(C)C)c(OC)c1. The van der Waals surface area contributed by atoms with Gasteiger partial charge in [-0.25, -0.2) is 0 Å². The lowest BCUT2D eigenvalue weighted by atomic mass is 9.88. The van der Waals surface area contributed by atoms with E-state index in [1.54, 1.807) is 14.2 Å². The van der Waals surface area contributed by atoms with Crippen LogP contribution in [0.2, 0.25) is 0 Å². The summed E-state index contributed by atoms with van der Waals surface area (Å²) in [5.41, 5.74) is 1.24. The Morgan fingerprint density at radius 2 is 1.74 bits per heavy atom. The van der Waals surface area contributed by atoms with E-state index in [-0.39, 0.29) is 0 Å². The van der Waals surface area contributed by atoms with Crippen molar-refractivity contribution in [3.05, 3.63) is 23.8 Å². The normalized spacial score (nSPS) is 14.3. The molecule has 1 aromatic rings. The molecule has 2 atom stereocenters. The smallest absolute Gasteiger partial charge is 0.126 e. The molecular formula is C16H27NO2. The minimum absolute atomic E-state index is 0.437. The molecule has 0 heterocycles. The summed E-state index contributed by atoms with van der Waals surface area (Å²) in [5, 5.41) is 3.49. The lowest BCUT2D eigenvalue weighted by Crippen LogP contribution is -2.30. The number of benzene rings is 1. The lowest BCUT2D eigenvalue weighted by molar-refractivity contribution is 0.375. The third-order valence-electron chi connectivity index (χ3n) is 3.63. The minimum Gasteiger partial charge on any atom is -0.497 e. The second-order valence-electron chi connectivity index (χ2n) is 5.44. The second-order valence-corrected chi connectivity index (χ2v) is 5.44. The predicted octanol–water partition coefficient (Wildman–Crippen LogP) is 3.44. The van der Waals surface area contributed by atoms with Crippen molar-refractivity contribution in [3.63, 3.8) is 0 Å².